The van der Waals surface area contributed by atoms with Gasteiger partial charge in [-0.3, -0.25) is 14.5 Å². The summed E-state index contributed by atoms with van der Waals surface area (Å²) >= 11 is 0. The summed E-state index contributed by atoms with van der Waals surface area (Å²) in [6, 6.07) is 19.3. The van der Waals surface area contributed by atoms with Crippen LogP contribution in [0, 0.1) is 0 Å². The van der Waals surface area contributed by atoms with E-state index >= 15 is 0 Å². The summed E-state index contributed by atoms with van der Waals surface area (Å²) in [5.41, 5.74) is 4.79. The van der Waals surface area contributed by atoms with Crippen LogP contribution in [0.5, 0.6) is 5.75 Å². The molecule has 6 rings (SSSR count). The number of para-hydroxylation sites is 1. The molecule has 0 amide bonds. The van der Waals surface area contributed by atoms with Gasteiger partial charge >= 0.3 is 5.97 Å². The molecule has 0 aliphatic carbocycles. The van der Waals surface area contributed by atoms with Crippen molar-refractivity contribution in [3.63, 3.8) is 0 Å². The van der Waals surface area contributed by atoms with Crippen LogP contribution in [0.25, 0.3) is 21.8 Å². The Morgan fingerprint density at radius 1 is 1.08 bits per heavy atom. The molecule has 4 heterocycles. The number of fused-ring (bicyclic) bond motifs is 3. The van der Waals surface area contributed by atoms with E-state index in [-0.39, 0.29) is 6.42 Å². The number of benzene rings is 2. The largest absolute Gasteiger partial charge is 0.493 e. The highest BCUT2D eigenvalue weighted by atomic mass is 16.5. The number of aliphatic carboxylic acids is 1. The zero-order valence-corrected chi connectivity index (χ0v) is 20.3. The number of aryl methyl sites for hydroxylation is 1. The molecule has 0 radical (unpaired) electrons. The normalized spacial score (nSPS) is 13.7. The fourth-order valence-corrected chi connectivity index (χ4v) is 4.93. The van der Waals surface area contributed by atoms with Crippen molar-refractivity contribution >= 4 is 33.6 Å². The van der Waals surface area contributed by atoms with Crippen molar-refractivity contribution in [2.24, 2.45) is 0 Å². The van der Waals surface area contributed by atoms with E-state index in [1.807, 2.05) is 48.5 Å². The highest BCUT2D eigenvalue weighted by Crippen LogP contribution is 2.29. The molecule has 8 nitrogen and oxygen atoms in total. The second kappa shape index (κ2) is 9.89. The van der Waals surface area contributed by atoms with Crippen molar-refractivity contribution in [2.45, 2.75) is 31.7 Å². The van der Waals surface area contributed by atoms with Crippen molar-refractivity contribution in [3.05, 3.63) is 89.9 Å². The van der Waals surface area contributed by atoms with Crippen LogP contribution < -0.4 is 10.1 Å². The Morgan fingerprint density at radius 3 is 2.92 bits per heavy atom. The molecule has 0 spiro atoms. The molecule has 1 unspecified atom stereocenters. The minimum absolute atomic E-state index is 0.0995. The average molecular weight is 494 g/mol. The summed E-state index contributed by atoms with van der Waals surface area (Å²) in [5.74, 6) is 0.841. The summed E-state index contributed by atoms with van der Waals surface area (Å²) < 4.78 is 7.79. The van der Waals surface area contributed by atoms with Crippen LogP contribution in [0.4, 0.5) is 5.82 Å². The Morgan fingerprint density at radius 2 is 2.00 bits per heavy atom. The molecule has 1 atom stereocenters. The maximum Gasteiger partial charge on any atom is 0.305 e. The van der Waals surface area contributed by atoms with Crippen molar-refractivity contribution in [2.75, 3.05) is 18.5 Å². The number of carboxylic acids is 1. The van der Waals surface area contributed by atoms with Gasteiger partial charge in [-0.05, 0) is 60.4 Å². The number of anilines is 1. The van der Waals surface area contributed by atoms with E-state index in [4.69, 9.17) is 9.72 Å². The van der Waals surface area contributed by atoms with E-state index in [2.05, 4.69) is 27.5 Å². The van der Waals surface area contributed by atoms with E-state index in [1.165, 1.54) is 5.56 Å². The van der Waals surface area contributed by atoms with Crippen LogP contribution in [0.15, 0.2) is 73.1 Å². The van der Waals surface area contributed by atoms with Gasteiger partial charge in [0, 0.05) is 35.6 Å². The summed E-state index contributed by atoms with van der Waals surface area (Å²) in [4.78, 5) is 21.0. The fourth-order valence-electron chi connectivity index (χ4n) is 4.93. The van der Waals surface area contributed by atoms with Gasteiger partial charge < -0.3 is 15.2 Å². The first-order valence-corrected chi connectivity index (χ1v) is 12.5. The minimum Gasteiger partial charge on any atom is -0.493 e. The SMILES string of the molecule is O=C(O)CC(c1cnc2ccccc2c1)n1ncc2cc(OCCc3ccc4c(n3)NCCC4)ccc21. The molecule has 186 valence electrons. The van der Waals surface area contributed by atoms with Crippen LogP contribution in [-0.4, -0.2) is 44.0 Å². The Hall–Kier alpha value is -4.46. The minimum atomic E-state index is -0.896. The van der Waals surface area contributed by atoms with E-state index in [1.54, 1.807) is 17.1 Å². The summed E-state index contributed by atoms with van der Waals surface area (Å²) in [5, 5.41) is 19.4. The maximum absolute atomic E-state index is 11.8. The van der Waals surface area contributed by atoms with Gasteiger partial charge in [-0.25, -0.2) is 4.98 Å². The third-order valence-corrected chi connectivity index (χ3v) is 6.81. The second-order valence-corrected chi connectivity index (χ2v) is 9.32. The predicted octanol–water partition coefficient (Wildman–Crippen LogP) is 5.02. The lowest BCUT2D eigenvalue weighted by molar-refractivity contribution is -0.137. The lowest BCUT2D eigenvalue weighted by Gasteiger charge is -2.18. The van der Waals surface area contributed by atoms with Crippen molar-refractivity contribution in [3.8, 4) is 5.75 Å². The van der Waals surface area contributed by atoms with Gasteiger partial charge in [-0.2, -0.15) is 5.10 Å². The molecule has 5 aromatic rings. The standard InChI is InChI=1S/C29H27N5O3/c35-28(36)16-27(21-14-20-4-1-2-6-25(20)31-17-21)34-26-10-9-24(15-22(26)18-32-34)37-13-11-23-8-7-19-5-3-12-30-29(19)33-23/h1-2,4,6-10,14-15,17-18,27H,3,5,11-13,16H2,(H,30,33)(H,35,36). The highest BCUT2D eigenvalue weighted by Gasteiger charge is 2.21. The zero-order valence-electron chi connectivity index (χ0n) is 20.3. The van der Waals surface area contributed by atoms with E-state index < -0.39 is 12.0 Å². The number of hydrogen-bond donors (Lipinski definition) is 2. The third kappa shape index (κ3) is 4.82. The number of aromatic nitrogens is 4. The molecular weight excluding hydrogens is 466 g/mol. The van der Waals surface area contributed by atoms with Crippen molar-refractivity contribution in [1.82, 2.24) is 19.7 Å². The Labute approximate surface area is 213 Å². The number of ether oxygens (including phenoxy) is 1. The summed E-state index contributed by atoms with van der Waals surface area (Å²) in [6.45, 7) is 1.48. The lowest BCUT2D eigenvalue weighted by Crippen LogP contribution is -2.16. The monoisotopic (exact) mass is 493 g/mol. The van der Waals surface area contributed by atoms with Crippen molar-refractivity contribution < 1.29 is 14.6 Å². The van der Waals surface area contributed by atoms with Crippen molar-refractivity contribution in [1.29, 1.82) is 0 Å². The van der Waals surface area contributed by atoms with Crippen LogP contribution in [0.1, 0.15) is 35.7 Å². The second-order valence-electron chi connectivity index (χ2n) is 9.32. The first kappa shape index (κ1) is 23.0. The quantitative estimate of drug-likeness (QED) is 0.313. The molecule has 0 fully saturated rings. The number of hydrogen-bond acceptors (Lipinski definition) is 6. The molecule has 0 saturated carbocycles. The number of nitrogens with one attached hydrogen (secondary N) is 1. The smallest absolute Gasteiger partial charge is 0.305 e. The van der Waals surface area contributed by atoms with Crippen LogP contribution in [0.2, 0.25) is 0 Å². The molecule has 2 N–H and O–H groups in total. The molecule has 0 bridgehead atoms. The van der Waals surface area contributed by atoms with Gasteiger partial charge in [-0.1, -0.05) is 24.3 Å². The predicted molar refractivity (Wildman–Crippen MR) is 142 cm³/mol. The average Bonchev–Trinajstić information content (AvgIpc) is 3.34. The molecule has 1 aliphatic rings. The van der Waals surface area contributed by atoms with Crippen LogP contribution in [-0.2, 0) is 17.6 Å². The van der Waals surface area contributed by atoms with Gasteiger partial charge in [0.2, 0.25) is 0 Å². The zero-order chi connectivity index (χ0) is 25.2. The fraction of sp³-hybridized carbons (Fsp3) is 0.241. The number of carbonyl (C=O) groups is 1. The lowest BCUT2D eigenvalue weighted by atomic mass is 10.0. The van der Waals surface area contributed by atoms with E-state index in [0.717, 1.165) is 64.0 Å². The number of pyridine rings is 2. The number of nitrogens with zero attached hydrogens (tertiary/aromatic N) is 4. The van der Waals surface area contributed by atoms with Crippen LogP contribution >= 0.6 is 0 Å². The van der Waals surface area contributed by atoms with Gasteiger partial charge in [0.1, 0.15) is 11.6 Å². The van der Waals surface area contributed by atoms with E-state index in [0.29, 0.717) is 13.0 Å². The van der Waals surface area contributed by atoms with Gasteiger partial charge in [0.15, 0.2) is 0 Å². The van der Waals surface area contributed by atoms with Gasteiger partial charge in [-0.15, -0.1) is 0 Å². The molecule has 1 aliphatic heterocycles. The third-order valence-electron chi connectivity index (χ3n) is 6.81. The topological polar surface area (TPSA) is 102 Å². The summed E-state index contributed by atoms with van der Waals surface area (Å²) in [6.07, 6.45) is 6.32. The Balaban J connectivity index is 1.21. The number of carboxylic acid groups (broad SMARTS) is 1. The molecular formula is C29H27N5O3. The molecule has 0 saturated heterocycles. The highest BCUT2D eigenvalue weighted by molar-refractivity contribution is 5.82. The summed E-state index contributed by atoms with van der Waals surface area (Å²) in [7, 11) is 0. The first-order valence-electron chi connectivity index (χ1n) is 12.5. The molecule has 8 heteroatoms. The maximum atomic E-state index is 11.8. The molecule has 2 aromatic carbocycles. The molecule has 3 aromatic heterocycles. The Bertz CT molecular complexity index is 1600. The van der Waals surface area contributed by atoms with Crippen LogP contribution in [0.3, 0.4) is 0 Å². The molecule has 37 heavy (non-hydrogen) atoms. The Kier molecular flexibility index (Phi) is 6.14. The number of rotatable bonds is 8. The van der Waals surface area contributed by atoms with E-state index in [9.17, 15) is 9.90 Å². The van der Waals surface area contributed by atoms with Gasteiger partial charge in [0.25, 0.3) is 0 Å². The van der Waals surface area contributed by atoms with Gasteiger partial charge in [0.05, 0.1) is 36.3 Å². The first-order chi connectivity index (χ1) is 18.1.